The number of aliphatic hydroxyl groups is 1. The molecule has 0 unspecified atom stereocenters. The zero-order chi connectivity index (χ0) is 22.8. The number of nitrogens with zero attached hydrogens (tertiary/aromatic N) is 4. The molecule has 0 aliphatic carbocycles. The van der Waals surface area contributed by atoms with Crippen LogP contribution >= 0.6 is 0 Å². The van der Waals surface area contributed by atoms with Gasteiger partial charge in [0.1, 0.15) is 0 Å². The molecule has 2 heterocycles. The van der Waals surface area contributed by atoms with E-state index >= 15 is 0 Å². The van der Waals surface area contributed by atoms with Gasteiger partial charge in [-0.15, -0.1) is 0 Å². The number of aliphatic hydroxyl groups excluding tert-OH is 1. The van der Waals surface area contributed by atoms with Crippen molar-refractivity contribution in [2.24, 2.45) is 11.1 Å². The molecule has 0 bridgehead atoms. The van der Waals surface area contributed by atoms with E-state index in [9.17, 15) is 13.5 Å². The van der Waals surface area contributed by atoms with E-state index in [-0.39, 0.29) is 29.5 Å². The first-order chi connectivity index (χ1) is 14.6. The molecule has 1 aromatic carbocycles. The number of primary sulfonamides is 1. The monoisotopic (exact) mass is 447 g/mol. The first-order valence-electron chi connectivity index (χ1n) is 10.1. The Hall–Kier alpha value is -2.76. The highest BCUT2D eigenvalue weighted by Gasteiger charge is 2.18. The molecule has 31 heavy (non-hydrogen) atoms. The number of hydrogen-bond donors (Lipinski definition) is 4. The molecule has 0 saturated carbocycles. The topological polar surface area (TPSA) is 148 Å². The van der Waals surface area contributed by atoms with E-state index in [1.807, 2.05) is 32.3 Å². The van der Waals surface area contributed by atoms with Crippen molar-refractivity contribution in [3.8, 4) is 0 Å². The first-order valence-corrected chi connectivity index (χ1v) is 11.6. The van der Waals surface area contributed by atoms with Crippen LogP contribution in [0.15, 0.2) is 35.5 Å². The third-order valence-electron chi connectivity index (χ3n) is 5.01. The van der Waals surface area contributed by atoms with E-state index in [0.29, 0.717) is 29.5 Å². The van der Waals surface area contributed by atoms with Crippen LogP contribution in [0.4, 0.5) is 11.8 Å². The molecule has 168 valence electrons. The normalized spacial score (nSPS) is 13.2. The minimum Gasteiger partial charge on any atom is -0.394 e. The van der Waals surface area contributed by atoms with Crippen LogP contribution in [0, 0.1) is 5.92 Å². The molecule has 0 radical (unpaired) electrons. The molecule has 0 fully saturated rings. The first kappa shape index (κ1) is 22.9. The van der Waals surface area contributed by atoms with Gasteiger partial charge in [-0.05, 0) is 37.5 Å². The van der Waals surface area contributed by atoms with Gasteiger partial charge in [0.25, 0.3) is 0 Å². The van der Waals surface area contributed by atoms with Crippen molar-refractivity contribution in [1.29, 1.82) is 0 Å². The van der Waals surface area contributed by atoms with Gasteiger partial charge in [-0.3, -0.25) is 0 Å². The number of benzene rings is 1. The van der Waals surface area contributed by atoms with Crippen LogP contribution in [-0.2, 0) is 16.6 Å². The molecular formula is C20H29N7O3S. The summed E-state index contributed by atoms with van der Waals surface area (Å²) in [5, 5.41) is 21.3. The maximum absolute atomic E-state index is 11.4. The highest BCUT2D eigenvalue weighted by Crippen LogP contribution is 2.24. The Labute approximate surface area is 182 Å². The van der Waals surface area contributed by atoms with Gasteiger partial charge in [0.05, 0.1) is 23.9 Å². The van der Waals surface area contributed by atoms with Crippen LogP contribution in [0.25, 0.3) is 11.2 Å². The van der Waals surface area contributed by atoms with Gasteiger partial charge >= 0.3 is 0 Å². The quantitative estimate of drug-likeness (QED) is 0.390. The number of rotatable bonds is 9. The molecule has 0 spiro atoms. The zero-order valence-electron chi connectivity index (χ0n) is 18.1. The van der Waals surface area contributed by atoms with E-state index < -0.39 is 10.0 Å². The summed E-state index contributed by atoms with van der Waals surface area (Å²) in [6.07, 6.45) is 1.73. The fourth-order valence-corrected chi connectivity index (χ4v) is 3.57. The second-order valence-electron chi connectivity index (χ2n) is 8.03. The predicted molar refractivity (Wildman–Crippen MR) is 120 cm³/mol. The van der Waals surface area contributed by atoms with Crippen molar-refractivity contribution in [3.05, 3.63) is 36.2 Å². The van der Waals surface area contributed by atoms with Crippen molar-refractivity contribution in [2.75, 3.05) is 17.2 Å². The van der Waals surface area contributed by atoms with Crippen molar-refractivity contribution in [2.45, 2.75) is 51.2 Å². The predicted octanol–water partition coefficient (Wildman–Crippen LogP) is 2.10. The van der Waals surface area contributed by atoms with E-state index in [0.717, 1.165) is 5.56 Å². The molecule has 5 N–H and O–H groups in total. The number of nitrogens with two attached hydrogens (primary N) is 1. The van der Waals surface area contributed by atoms with Gasteiger partial charge in [-0.25, -0.2) is 18.5 Å². The molecule has 0 saturated heterocycles. The van der Waals surface area contributed by atoms with Gasteiger partial charge < -0.3 is 20.3 Å². The SMILES string of the molecule is CC(C)[C@H](CO)Nc1nc(NCc2ccc(S(N)(=O)=O)cc2)c2ncn(C(C)C)c2n1. The van der Waals surface area contributed by atoms with Crippen LogP contribution < -0.4 is 15.8 Å². The number of imidazole rings is 1. The van der Waals surface area contributed by atoms with Crippen molar-refractivity contribution < 1.29 is 13.5 Å². The molecule has 0 aliphatic rings. The number of sulfonamides is 1. The molecule has 11 heteroatoms. The maximum atomic E-state index is 11.4. The Kier molecular flexibility index (Phi) is 6.77. The summed E-state index contributed by atoms with van der Waals surface area (Å²) < 4.78 is 24.8. The molecule has 3 rings (SSSR count). The lowest BCUT2D eigenvalue weighted by molar-refractivity contribution is 0.248. The number of aromatic nitrogens is 4. The smallest absolute Gasteiger partial charge is 0.238 e. The molecule has 10 nitrogen and oxygen atoms in total. The summed E-state index contributed by atoms with van der Waals surface area (Å²) in [6.45, 7) is 8.47. The third kappa shape index (κ3) is 5.30. The lowest BCUT2D eigenvalue weighted by atomic mass is 10.1. The average molecular weight is 448 g/mol. The number of anilines is 2. The summed E-state index contributed by atoms with van der Waals surface area (Å²) in [6, 6.07) is 6.29. The molecule has 0 aliphatic heterocycles. The van der Waals surface area contributed by atoms with Gasteiger partial charge in [-0.2, -0.15) is 9.97 Å². The zero-order valence-corrected chi connectivity index (χ0v) is 18.9. The van der Waals surface area contributed by atoms with Crippen molar-refractivity contribution >= 4 is 33.0 Å². The molecule has 2 aromatic heterocycles. The Morgan fingerprint density at radius 3 is 2.35 bits per heavy atom. The summed E-state index contributed by atoms with van der Waals surface area (Å²) in [5.74, 6) is 1.13. The largest absolute Gasteiger partial charge is 0.394 e. The molecule has 3 aromatic rings. The Morgan fingerprint density at radius 1 is 1.13 bits per heavy atom. The van der Waals surface area contributed by atoms with Crippen molar-refractivity contribution in [3.63, 3.8) is 0 Å². The second-order valence-corrected chi connectivity index (χ2v) is 9.59. The van der Waals surface area contributed by atoms with Crippen LogP contribution in [0.3, 0.4) is 0 Å². The Morgan fingerprint density at radius 2 is 1.81 bits per heavy atom. The summed E-state index contributed by atoms with van der Waals surface area (Å²) in [4.78, 5) is 13.7. The molecule has 0 amide bonds. The second kappa shape index (κ2) is 9.16. The standard InChI is InChI=1S/C20H29N7O3S/c1-12(2)16(10-28)24-20-25-18(17-19(26-20)27(11-23-17)13(3)4)22-9-14-5-7-15(8-6-14)31(21,29)30/h5-8,11-13,16,28H,9-10H2,1-4H3,(H2,21,29,30)(H2,22,24,25,26)/t16-/m0/s1. The van der Waals surface area contributed by atoms with Gasteiger partial charge in [0.15, 0.2) is 17.0 Å². The molecule has 1 atom stereocenters. The lowest BCUT2D eigenvalue weighted by Crippen LogP contribution is -2.30. The van der Waals surface area contributed by atoms with Gasteiger partial charge in [0.2, 0.25) is 16.0 Å². The summed E-state index contributed by atoms with van der Waals surface area (Å²) in [7, 11) is -3.73. The Balaban J connectivity index is 1.92. The van der Waals surface area contributed by atoms with Gasteiger partial charge in [-0.1, -0.05) is 26.0 Å². The van der Waals surface area contributed by atoms with E-state index in [1.165, 1.54) is 12.1 Å². The van der Waals surface area contributed by atoms with Crippen molar-refractivity contribution in [1.82, 2.24) is 19.5 Å². The lowest BCUT2D eigenvalue weighted by Gasteiger charge is -2.20. The maximum Gasteiger partial charge on any atom is 0.238 e. The Bertz CT molecular complexity index is 1140. The van der Waals surface area contributed by atoms with Crippen LogP contribution in [0.1, 0.15) is 39.3 Å². The molecular weight excluding hydrogens is 418 g/mol. The number of fused-ring (bicyclic) bond motifs is 1. The average Bonchev–Trinajstić information content (AvgIpc) is 3.14. The highest BCUT2D eigenvalue weighted by molar-refractivity contribution is 7.89. The number of nitrogens with one attached hydrogen (secondary N) is 2. The van der Waals surface area contributed by atoms with Crippen LogP contribution in [0.5, 0.6) is 0 Å². The number of hydrogen-bond acceptors (Lipinski definition) is 8. The van der Waals surface area contributed by atoms with E-state index in [2.05, 4.69) is 25.6 Å². The highest BCUT2D eigenvalue weighted by atomic mass is 32.2. The van der Waals surface area contributed by atoms with E-state index in [4.69, 9.17) is 5.14 Å². The van der Waals surface area contributed by atoms with Crippen LogP contribution in [0.2, 0.25) is 0 Å². The minimum absolute atomic E-state index is 0.0400. The fourth-order valence-electron chi connectivity index (χ4n) is 3.05. The fraction of sp³-hybridized carbons (Fsp3) is 0.450. The van der Waals surface area contributed by atoms with Crippen LogP contribution in [-0.4, -0.2) is 45.7 Å². The van der Waals surface area contributed by atoms with E-state index in [1.54, 1.807) is 18.5 Å². The summed E-state index contributed by atoms with van der Waals surface area (Å²) in [5.41, 5.74) is 2.16. The summed E-state index contributed by atoms with van der Waals surface area (Å²) >= 11 is 0. The minimum atomic E-state index is -3.73. The van der Waals surface area contributed by atoms with Gasteiger partial charge in [0, 0.05) is 12.6 Å². The third-order valence-corrected chi connectivity index (χ3v) is 5.93.